The Morgan fingerprint density at radius 2 is 2.12 bits per heavy atom. The molecule has 0 aliphatic carbocycles. The fourth-order valence-electron chi connectivity index (χ4n) is 1.90. The summed E-state index contributed by atoms with van der Waals surface area (Å²) < 4.78 is 1.99. The zero-order valence-electron chi connectivity index (χ0n) is 11.2. The minimum absolute atomic E-state index is 0.331. The maximum atomic E-state index is 4.33. The molecule has 16 heavy (non-hydrogen) atoms. The Morgan fingerprint density at radius 1 is 1.44 bits per heavy atom. The van der Waals surface area contributed by atoms with E-state index in [0.29, 0.717) is 11.3 Å². The van der Waals surface area contributed by atoms with E-state index in [4.69, 9.17) is 0 Å². The minimum atomic E-state index is 0.331. The second-order valence-corrected chi connectivity index (χ2v) is 5.53. The second-order valence-electron chi connectivity index (χ2n) is 5.53. The van der Waals surface area contributed by atoms with Gasteiger partial charge in [-0.15, -0.1) is 0 Å². The van der Waals surface area contributed by atoms with Crippen molar-refractivity contribution < 1.29 is 0 Å². The molecule has 1 aromatic heterocycles. The van der Waals surface area contributed by atoms with Gasteiger partial charge >= 0.3 is 0 Å². The van der Waals surface area contributed by atoms with E-state index in [2.05, 4.69) is 44.3 Å². The Bertz CT molecular complexity index is 309. The summed E-state index contributed by atoms with van der Waals surface area (Å²) in [5, 5.41) is 7.61. The quantitative estimate of drug-likeness (QED) is 0.830. The first-order valence-electron chi connectivity index (χ1n) is 6.13. The topological polar surface area (TPSA) is 29.9 Å². The number of nitrogens with one attached hydrogen (secondary N) is 1. The molecule has 0 bridgehead atoms. The van der Waals surface area contributed by atoms with Gasteiger partial charge in [0.15, 0.2) is 0 Å². The van der Waals surface area contributed by atoms with E-state index in [9.17, 15) is 0 Å². The molecule has 0 spiro atoms. The largest absolute Gasteiger partial charge is 0.319 e. The molecule has 1 aromatic rings. The van der Waals surface area contributed by atoms with Crippen LogP contribution >= 0.6 is 0 Å². The van der Waals surface area contributed by atoms with Crippen molar-refractivity contribution in [3.63, 3.8) is 0 Å². The standard InChI is InChI=1S/C13H25N3/c1-6-16-10-11(8-15-16)7-12(9-14-5)13(2,3)4/h8,10,12,14H,6-7,9H2,1-5H3. The van der Waals surface area contributed by atoms with Crippen molar-refractivity contribution in [2.45, 2.75) is 40.7 Å². The van der Waals surface area contributed by atoms with Gasteiger partial charge in [-0.25, -0.2) is 0 Å². The molecule has 0 aliphatic rings. The lowest BCUT2D eigenvalue weighted by Gasteiger charge is -2.30. The Hall–Kier alpha value is -0.830. The molecule has 1 unspecified atom stereocenters. The smallest absolute Gasteiger partial charge is 0.0521 e. The molecule has 0 saturated heterocycles. The van der Waals surface area contributed by atoms with Crippen molar-refractivity contribution in [2.75, 3.05) is 13.6 Å². The molecular weight excluding hydrogens is 198 g/mol. The van der Waals surface area contributed by atoms with Gasteiger partial charge in [0.2, 0.25) is 0 Å². The van der Waals surface area contributed by atoms with Crippen molar-refractivity contribution >= 4 is 0 Å². The molecule has 0 aromatic carbocycles. The number of nitrogens with zero attached hydrogens (tertiary/aromatic N) is 2. The zero-order valence-corrected chi connectivity index (χ0v) is 11.2. The third-order valence-corrected chi connectivity index (χ3v) is 3.17. The first kappa shape index (κ1) is 13.2. The van der Waals surface area contributed by atoms with Crippen LogP contribution in [-0.4, -0.2) is 23.4 Å². The SMILES string of the molecule is CCn1cc(CC(CNC)C(C)(C)C)cn1. The van der Waals surface area contributed by atoms with Gasteiger partial charge in [-0.2, -0.15) is 5.10 Å². The van der Waals surface area contributed by atoms with Crippen LogP contribution in [0.15, 0.2) is 12.4 Å². The lowest BCUT2D eigenvalue weighted by atomic mass is 9.77. The van der Waals surface area contributed by atoms with Crippen molar-refractivity contribution in [3.05, 3.63) is 18.0 Å². The van der Waals surface area contributed by atoms with Crippen LogP contribution in [0.25, 0.3) is 0 Å². The summed E-state index contributed by atoms with van der Waals surface area (Å²) in [6.07, 6.45) is 5.26. The first-order valence-corrected chi connectivity index (χ1v) is 6.13. The van der Waals surface area contributed by atoms with Crippen LogP contribution in [0.4, 0.5) is 0 Å². The van der Waals surface area contributed by atoms with Gasteiger partial charge in [-0.3, -0.25) is 4.68 Å². The first-order chi connectivity index (χ1) is 7.47. The lowest BCUT2D eigenvalue weighted by molar-refractivity contribution is 0.235. The van der Waals surface area contributed by atoms with Gasteiger partial charge in [0.05, 0.1) is 6.20 Å². The highest BCUT2D eigenvalue weighted by Crippen LogP contribution is 2.28. The molecule has 3 nitrogen and oxygen atoms in total. The van der Waals surface area contributed by atoms with Crippen molar-refractivity contribution in [2.24, 2.45) is 11.3 Å². The summed E-state index contributed by atoms with van der Waals surface area (Å²) in [4.78, 5) is 0. The van der Waals surface area contributed by atoms with Crippen LogP contribution in [0.3, 0.4) is 0 Å². The zero-order chi connectivity index (χ0) is 12.2. The normalized spacial score (nSPS) is 14.1. The molecule has 1 atom stereocenters. The molecule has 0 fully saturated rings. The van der Waals surface area contributed by atoms with Gasteiger partial charge < -0.3 is 5.32 Å². The molecule has 1 N–H and O–H groups in total. The fraction of sp³-hybridized carbons (Fsp3) is 0.769. The third kappa shape index (κ3) is 3.63. The summed E-state index contributed by atoms with van der Waals surface area (Å²) in [6.45, 7) is 11.0. The van der Waals surface area contributed by atoms with E-state index >= 15 is 0 Å². The molecule has 0 aliphatic heterocycles. The van der Waals surface area contributed by atoms with Crippen molar-refractivity contribution in [1.82, 2.24) is 15.1 Å². The number of hydrogen-bond acceptors (Lipinski definition) is 2. The Labute approximate surface area is 99.2 Å². The Kier molecular flexibility index (Phi) is 4.54. The van der Waals surface area contributed by atoms with Gasteiger partial charge in [0.25, 0.3) is 0 Å². The molecule has 0 radical (unpaired) electrons. The highest BCUT2D eigenvalue weighted by atomic mass is 15.3. The van der Waals surface area contributed by atoms with Crippen LogP contribution in [0.5, 0.6) is 0 Å². The van der Waals surface area contributed by atoms with E-state index in [1.807, 2.05) is 17.9 Å². The molecule has 1 rings (SSSR count). The minimum Gasteiger partial charge on any atom is -0.319 e. The highest BCUT2D eigenvalue weighted by Gasteiger charge is 2.24. The molecule has 92 valence electrons. The summed E-state index contributed by atoms with van der Waals surface area (Å²) >= 11 is 0. The van der Waals surface area contributed by atoms with Crippen LogP contribution in [0.1, 0.15) is 33.3 Å². The summed E-state index contributed by atoms with van der Waals surface area (Å²) in [5.41, 5.74) is 1.68. The van der Waals surface area contributed by atoms with Gasteiger partial charge in [-0.05, 0) is 43.8 Å². The summed E-state index contributed by atoms with van der Waals surface area (Å²) in [6, 6.07) is 0. The highest BCUT2D eigenvalue weighted by molar-refractivity contribution is 5.06. The van der Waals surface area contributed by atoms with Crippen LogP contribution in [0, 0.1) is 11.3 Å². The number of rotatable bonds is 5. The van der Waals surface area contributed by atoms with E-state index in [-0.39, 0.29) is 0 Å². The van der Waals surface area contributed by atoms with E-state index in [1.54, 1.807) is 0 Å². The third-order valence-electron chi connectivity index (χ3n) is 3.17. The molecule has 0 amide bonds. The number of aryl methyl sites for hydroxylation is 1. The van der Waals surface area contributed by atoms with E-state index in [0.717, 1.165) is 19.5 Å². The number of aromatic nitrogens is 2. The monoisotopic (exact) mass is 223 g/mol. The predicted octanol–water partition coefficient (Wildman–Crippen LogP) is 2.33. The average Bonchev–Trinajstić information content (AvgIpc) is 2.63. The van der Waals surface area contributed by atoms with Crippen molar-refractivity contribution in [1.29, 1.82) is 0 Å². The predicted molar refractivity (Wildman–Crippen MR) is 68.5 cm³/mol. The van der Waals surface area contributed by atoms with Crippen molar-refractivity contribution in [3.8, 4) is 0 Å². The van der Waals surface area contributed by atoms with Crippen LogP contribution in [-0.2, 0) is 13.0 Å². The Morgan fingerprint density at radius 3 is 2.56 bits per heavy atom. The summed E-state index contributed by atoms with van der Waals surface area (Å²) in [5.74, 6) is 0.645. The Balaban J connectivity index is 2.67. The fourth-order valence-corrected chi connectivity index (χ4v) is 1.90. The number of hydrogen-bond donors (Lipinski definition) is 1. The maximum absolute atomic E-state index is 4.33. The summed E-state index contributed by atoms with van der Waals surface area (Å²) in [7, 11) is 2.02. The van der Waals surface area contributed by atoms with Crippen LogP contribution < -0.4 is 5.32 Å². The van der Waals surface area contributed by atoms with Gasteiger partial charge in [0.1, 0.15) is 0 Å². The second kappa shape index (κ2) is 5.48. The van der Waals surface area contributed by atoms with Gasteiger partial charge in [0, 0.05) is 12.7 Å². The lowest BCUT2D eigenvalue weighted by Crippen LogP contribution is -2.31. The molecule has 3 heteroatoms. The molecule has 1 heterocycles. The molecule has 0 saturated carbocycles. The van der Waals surface area contributed by atoms with E-state index in [1.165, 1.54) is 5.56 Å². The molecular formula is C13H25N3. The maximum Gasteiger partial charge on any atom is 0.0521 e. The average molecular weight is 223 g/mol. The van der Waals surface area contributed by atoms with E-state index < -0.39 is 0 Å². The van der Waals surface area contributed by atoms with Gasteiger partial charge in [-0.1, -0.05) is 20.8 Å². The van der Waals surface area contributed by atoms with Crippen LogP contribution in [0.2, 0.25) is 0 Å².